The van der Waals surface area contributed by atoms with Gasteiger partial charge in [0, 0.05) is 48.4 Å². The molecule has 12 heteroatoms. The quantitative estimate of drug-likeness (QED) is 0.360. The number of piperazine rings is 1. The van der Waals surface area contributed by atoms with Gasteiger partial charge in [0.25, 0.3) is 0 Å². The second kappa shape index (κ2) is 9.06. The number of aromatic nitrogens is 2. The van der Waals surface area contributed by atoms with E-state index in [9.17, 15) is 13.2 Å². The number of rotatable bonds is 4. The number of ether oxygens (including phenoxy) is 2. The molecular weight excluding hydrogens is 540 g/mol. The summed E-state index contributed by atoms with van der Waals surface area (Å²) in [6, 6.07) is 3.72. The molecule has 216 valence electrons. The number of hydrogen-bond acceptors (Lipinski definition) is 8. The van der Waals surface area contributed by atoms with E-state index < -0.39 is 29.2 Å². The molecule has 0 saturated carbocycles. The molecule has 8 rings (SSSR count). The second-order valence-electron chi connectivity index (χ2n) is 12.1. The number of fused-ring (bicyclic) bond motifs is 6. The summed E-state index contributed by atoms with van der Waals surface area (Å²) >= 11 is 0. The van der Waals surface area contributed by atoms with Crippen molar-refractivity contribution in [2.45, 2.75) is 61.9 Å². The van der Waals surface area contributed by atoms with E-state index in [4.69, 9.17) is 20.2 Å². The number of nitrogens with one attached hydrogen (secondary N) is 1. The monoisotopic (exact) mass is 570 g/mol. The van der Waals surface area contributed by atoms with Crippen molar-refractivity contribution in [1.82, 2.24) is 20.2 Å². The van der Waals surface area contributed by atoms with Gasteiger partial charge in [-0.3, -0.25) is 4.90 Å². The number of alkyl halides is 1. The molecule has 4 saturated heterocycles. The fourth-order valence-corrected chi connectivity index (χ4v) is 7.76. The highest BCUT2D eigenvalue weighted by Crippen LogP contribution is 2.46. The average molecular weight is 571 g/mol. The average Bonchev–Trinajstić information content (AvgIpc) is 3.58. The van der Waals surface area contributed by atoms with Crippen LogP contribution in [0.4, 0.5) is 29.1 Å². The van der Waals surface area contributed by atoms with Crippen molar-refractivity contribution < 1.29 is 27.0 Å². The summed E-state index contributed by atoms with van der Waals surface area (Å²) in [4.78, 5) is 13.5. The van der Waals surface area contributed by atoms with Gasteiger partial charge in [0.1, 0.15) is 36.5 Å². The van der Waals surface area contributed by atoms with Gasteiger partial charge in [-0.15, -0.1) is 0 Å². The Balaban J connectivity index is 1.29. The maximum atomic E-state index is 16.4. The number of hydrogen-bond donors (Lipinski definition) is 2. The van der Waals surface area contributed by atoms with Crippen LogP contribution in [-0.2, 0) is 0 Å². The van der Waals surface area contributed by atoms with Crippen LogP contribution in [0, 0.1) is 17.5 Å². The molecular formula is C29H30F4N6O2. The van der Waals surface area contributed by atoms with E-state index in [1.54, 1.807) is 0 Å². The second-order valence-corrected chi connectivity index (χ2v) is 12.1. The standard InChI is InChI=1S/C29H30F4N6O2/c30-14-9-29(4-1-5-38(29)10-14)13-41-28-36-26-23-22(8-18(25(26)33)17-6-15(34)7-19(31)24(17)32)40-12-21-20-3-2-16(35-20)11-39(21)27(23)37-28/h6-8,14,16,20-21,35H,1-5,9-13,34H2/t14-,16?,20?,21?,29+/m1/s1. The highest BCUT2D eigenvalue weighted by molar-refractivity contribution is 5.99. The molecule has 0 aliphatic carbocycles. The van der Waals surface area contributed by atoms with Gasteiger partial charge in [0.15, 0.2) is 17.5 Å². The third-order valence-electron chi connectivity index (χ3n) is 9.65. The van der Waals surface area contributed by atoms with Gasteiger partial charge in [-0.25, -0.2) is 17.6 Å². The number of nitrogens with two attached hydrogens (primary N) is 1. The Bertz CT molecular complexity index is 1570. The Hall–Kier alpha value is -3.38. The van der Waals surface area contributed by atoms with Crippen molar-refractivity contribution in [3.8, 4) is 22.9 Å². The largest absolute Gasteiger partial charge is 0.491 e. The van der Waals surface area contributed by atoms with Crippen LogP contribution in [0.15, 0.2) is 18.2 Å². The van der Waals surface area contributed by atoms with Crippen molar-refractivity contribution in [2.75, 3.05) is 43.5 Å². The minimum absolute atomic E-state index is 0.0382. The summed E-state index contributed by atoms with van der Waals surface area (Å²) in [6.07, 6.45) is 3.18. The molecule has 2 bridgehead atoms. The normalized spacial score (nSPS) is 30.3. The zero-order valence-electron chi connectivity index (χ0n) is 22.3. The lowest BCUT2D eigenvalue weighted by atomic mass is 9.95. The molecule has 3 N–H and O–H groups in total. The summed E-state index contributed by atoms with van der Waals surface area (Å²) in [5.74, 6) is -2.48. The molecule has 8 nitrogen and oxygen atoms in total. The summed E-state index contributed by atoms with van der Waals surface area (Å²) in [7, 11) is 0. The molecule has 5 aliphatic heterocycles. The van der Waals surface area contributed by atoms with E-state index in [1.165, 1.54) is 12.1 Å². The van der Waals surface area contributed by atoms with Gasteiger partial charge in [-0.1, -0.05) is 0 Å². The molecule has 0 radical (unpaired) electrons. The Kier molecular flexibility index (Phi) is 5.60. The molecule has 0 amide bonds. The minimum atomic E-state index is -1.22. The molecule has 41 heavy (non-hydrogen) atoms. The Morgan fingerprint density at radius 1 is 1.10 bits per heavy atom. The van der Waals surface area contributed by atoms with Gasteiger partial charge < -0.3 is 25.4 Å². The molecule has 1 aromatic heterocycles. The lowest BCUT2D eigenvalue weighted by molar-refractivity contribution is 0.107. The fourth-order valence-electron chi connectivity index (χ4n) is 7.76. The molecule has 2 aromatic carbocycles. The van der Waals surface area contributed by atoms with Crippen molar-refractivity contribution in [3.05, 3.63) is 35.7 Å². The van der Waals surface area contributed by atoms with E-state index in [0.717, 1.165) is 38.3 Å². The maximum Gasteiger partial charge on any atom is 0.319 e. The first-order valence-electron chi connectivity index (χ1n) is 14.3. The zero-order valence-corrected chi connectivity index (χ0v) is 22.3. The molecule has 5 atom stereocenters. The molecule has 3 unspecified atom stereocenters. The van der Waals surface area contributed by atoms with Crippen LogP contribution in [0.5, 0.6) is 11.8 Å². The molecule has 5 aliphatic rings. The van der Waals surface area contributed by atoms with Crippen LogP contribution in [0.1, 0.15) is 32.1 Å². The van der Waals surface area contributed by atoms with Crippen LogP contribution in [0.2, 0.25) is 0 Å². The van der Waals surface area contributed by atoms with Crippen molar-refractivity contribution in [3.63, 3.8) is 0 Å². The Morgan fingerprint density at radius 2 is 1.95 bits per heavy atom. The highest BCUT2D eigenvalue weighted by Gasteiger charge is 2.50. The first-order valence-corrected chi connectivity index (χ1v) is 14.3. The number of halogens is 4. The first-order chi connectivity index (χ1) is 19.8. The zero-order chi connectivity index (χ0) is 28.0. The lowest BCUT2D eigenvalue weighted by Gasteiger charge is -2.40. The van der Waals surface area contributed by atoms with Crippen LogP contribution < -0.4 is 25.4 Å². The number of nitrogen functional groups attached to an aromatic ring is 1. The number of benzene rings is 2. The smallest absolute Gasteiger partial charge is 0.319 e. The number of nitrogens with zero attached hydrogens (tertiary/aromatic N) is 4. The molecule has 4 fully saturated rings. The third-order valence-corrected chi connectivity index (χ3v) is 9.65. The summed E-state index contributed by atoms with van der Waals surface area (Å²) in [5, 5.41) is 3.99. The van der Waals surface area contributed by atoms with E-state index >= 15 is 4.39 Å². The number of anilines is 2. The molecule has 3 aromatic rings. The van der Waals surface area contributed by atoms with Gasteiger partial charge in [0.2, 0.25) is 0 Å². The van der Waals surface area contributed by atoms with Gasteiger partial charge in [0.05, 0.1) is 17.0 Å². The maximum absolute atomic E-state index is 16.4. The van der Waals surface area contributed by atoms with Crippen LogP contribution in [0.25, 0.3) is 22.0 Å². The summed E-state index contributed by atoms with van der Waals surface area (Å²) in [6.45, 7) is 2.30. The fraction of sp³-hybridized carbons (Fsp3) is 0.517. The van der Waals surface area contributed by atoms with E-state index in [-0.39, 0.29) is 58.8 Å². The van der Waals surface area contributed by atoms with E-state index in [2.05, 4.69) is 20.1 Å². The van der Waals surface area contributed by atoms with Crippen LogP contribution >= 0.6 is 0 Å². The summed E-state index contributed by atoms with van der Waals surface area (Å²) in [5.41, 5.74) is 4.66. The predicted octanol–water partition coefficient (Wildman–Crippen LogP) is 3.95. The van der Waals surface area contributed by atoms with Crippen molar-refractivity contribution in [2.24, 2.45) is 0 Å². The summed E-state index contributed by atoms with van der Waals surface area (Å²) < 4.78 is 72.5. The van der Waals surface area contributed by atoms with Crippen molar-refractivity contribution >= 4 is 22.4 Å². The Labute approximate surface area is 233 Å². The first kappa shape index (κ1) is 25.3. The van der Waals surface area contributed by atoms with Gasteiger partial charge in [-0.2, -0.15) is 9.97 Å². The predicted molar refractivity (Wildman–Crippen MR) is 144 cm³/mol. The lowest BCUT2D eigenvalue weighted by Crippen LogP contribution is -2.60. The van der Waals surface area contributed by atoms with E-state index in [0.29, 0.717) is 37.3 Å². The van der Waals surface area contributed by atoms with Gasteiger partial charge in [-0.05, 0) is 50.4 Å². The van der Waals surface area contributed by atoms with Crippen LogP contribution in [0.3, 0.4) is 0 Å². The minimum Gasteiger partial charge on any atom is -0.491 e. The third kappa shape index (κ3) is 3.86. The Morgan fingerprint density at radius 3 is 2.83 bits per heavy atom. The van der Waals surface area contributed by atoms with Crippen molar-refractivity contribution in [1.29, 1.82) is 0 Å². The molecule has 6 heterocycles. The van der Waals surface area contributed by atoms with Crippen LogP contribution in [-0.4, -0.2) is 77.6 Å². The van der Waals surface area contributed by atoms with Gasteiger partial charge >= 0.3 is 6.01 Å². The topological polar surface area (TPSA) is 88.8 Å². The van der Waals surface area contributed by atoms with E-state index in [1.807, 2.05) is 0 Å². The highest BCUT2D eigenvalue weighted by atomic mass is 19.2. The SMILES string of the molecule is Nc1cc(F)c(F)c(-c2cc3c4c(nc(OC[C@@]56CCCN5C[C@H](F)C6)nc4c2F)N2CC4CCC(N4)C2CO3)c1. The molecule has 0 spiro atoms.